The number of carboxylic acid groups (broad SMARTS) is 1. The summed E-state index contributed by atoms with van der Waals surface area (Å²) in [5.74, 6) is 1.84. The number of nitrogens with one attached hydrogen (secondary N) is 1. The minimum Gasteiger partial charge on any atom is -0.480 e. The molecule has 1 rings (SSSR count). The predicted octanol–water partition coefficient (Wildman–Crippen LogP) is 2.02. The Labute approximate surface area is 119 Å². The lowest BCUT2D eigenvalue weighted by atomic mass is 10.0. The van der Waals surface area contributed by atoms with E-state index in [0.717, 1.165) is 24.3 Å². The fourth-order valence-corrected chi connectivity index (χ4v) is 3.23. The van der Waals surface area contributed by atoms with Crippen molar-refractivity contribution in [1.82, 2.24) is 10.2 Å². The van der Waals surface area contributed by atoms with Crippen LogP contribution in [0.5, 0.6) is 0 Å². The summed E-state index contributed by atoms with van der Waals surface area (Å²) >= 11 is 1.95. The van der Waals surface area contributed by atoms with Gasteiger partial charge in [0, 0.05) is 12.1 Å². The molecule has 0 spiro atoms. The maximum atomic E-state index is 12.1. The molecule has 2 amide bonds. The summed E-state index contributed by atoms with van der Waals surface area (Å²) in [6.07, 6.45) is 2.25. The Bertz CT molecular complexity index is 322. The van der Waals surface area contributed by atoms with E-state index in [1.807, 2.05) is 32.5 Å². The van der Waals surface area contributed by atoms with Crippen LogP contribution < -0.4 is 5.32 Å². The molecule has 0 radical (unpaired) electrons. The van der Waals surface area contributed by atoms with Gasteiger partial charge in [-0.2, -0.15) is 11.8 Å². The molecule has 1 heterocycles. The highest BCUT2D eigenvalue weighted by Crippen LogP contribution is 2.22. The number of carboxylic acids is 1. The standard InChI is InChI=1S/C13H24N2O3S/c1-13(2,3)15(9-11(16)17)12(18)14-8-10-4-6-19-7-5-10/h10H,4-9H2,1-3H3,(H,14,18)(H,16,17). The van der Waals surface area contributed by atoms with Crippen molar-refractivity contribution in [2.24, 2.45) is 5.92 Å². The first kappa shape index (κ1) is 16.1. The van der Waals surface area contributed by atoms with Crippen LogP contribution in [-0.2, 0) is 4.79 Å². The Balaban J connectivity index is 2.49. The summed E-state index contributed by atoms with van der Waals surface area (Å²) in [7, 11) is 0. The van der Waals surface area contributed by atoms with Crippen LogP contribution in [0.2, 0.25) is 0 Å². The average molecular weight is 288 g/mol. The van der Waals surface area contributed by atoms with Gasteiger partial charge < -0.3 is 15.3 Å². The summed E-state index contributed by atoms with van der Waals surface area (Å²) in [6, 6.07) is -0.284. The van der Waals surface area contributed by atoms with Gasteiger partial charge in [0.25, 0.3) is 0 Å². The Morgan fingerprint density at radius 2 is 1.89 bits per heavy atom. The number of thioether (sulfide) groups is 1. The Hall–Kier alpha value is -0.910. The maximum absolute atomic E-state index is 12.1. The summed E-state index contributed by atoms with van der Waals surface area (Å²) in [6.45, 7) is 5.90. The second-order valence-corrected chi connectivity index (χ2v) is 7.12. The minimum absolute atomic E-state index is 0.268. The number of urea groups is 1. The van der Waals surface area contributed by atoms with Gasteiger partial charge in [-0.05, 0) is 51.0 Å². The molecule has 0 aromatic carbocycles. The molecule has 6 heteroatoms. The lowest BCUT2D eigenvalue weighted by Crippen LogP contribution is -2.53. The molecule has 0 aliphatic carbocycles. The van der Waals surface area contributed by atoms with Crippen molar-refractivity contribution in [1.29, 1.82) is 0 Å². The molecule has 0 saturated carbocycles. The molecule has 5 nitrogen and oxygen atoms in total. The van der Waals surface area contributed by atoms with Gasteiger partial charge in [0.05, 0.1) is 0 Å². The Morgan fingerprint density at radius 1 is 1.32 bits per heavy atom. The first-order chi connectivity index (χ1) is 8.80. The van der Waals surface area contributed by atoms with Crippen molar-refractivity contribution in [2.75, 3.05) is 24.6 Å². The SMILES string of the molecule is CC(C)(C)N(CC(=O)O)C(=O)NCC1CCSCC1. The summed E-state index contributed by atoms with van der Waals surface area (Å²) in [4.78, 5) is 24.3. The lowest BCUT2D eigenvalue weighted by molar-refractivity contribution is -0.138. The van der Waals surface area contributed by atoms with Crippen LogP contribution in [0.3, 0.4) is 0 Å². The first-order valence-corrected chi connectivity index (χ1v) is 7.81. The van der Waals surface area contributed by atoms with Crippen molar-refractivity contribution in [3.8, 4) is 0 Å². The summed E-state index contributed by atoms with van der Waals surface area (Å²) in [5.41, 5.74) is -0.495. The molecule has 0 unspecified atom stereocenters. The van der Waals surface area contributed by atoms with Crippen LogP contribution in [0.4, 0.5) is 4.79 Å². The number of amides is 2. The van der Waals surface area contributed by atoms with E-state index >= 15 is 0 Å². The van der Waals surface area contributed by atoms with E-state index in [1.54, 1.807) is 0 Å². The second-order valence-electron chi connectivity index (χ2n) is 5.89. The van der Waals surface area contributed by atoms with Crippen molar-refractivity contribution in [3.63, 3.8) is 0 Å². The molecule has 110 valence electrons. The van der Waals surface area contributed by atoms with Gasteiger partial charge >= 0.3 is 12.0 Å². The molecule has 2 N–H and O–H groups in total. The third-order valence-electron chi connectivity index (χ3n) is 3.23. The zero-order chi connectivity index (χ0) is 14.5. The van der Waals surface area contributed by atoms with Crippen molar-refractivity contribution >= 4 is 23.8 Å². The molecule has 1 saturated heterocycles. The van der Waals surface area contributed by atoms with E-state index in [1.165, 1.54) is 4.90 Å². The van der Waals surface area contributed by atoms with Crippen LogP contribution in [0.1, 0.15) is 33.6 Å². The van der Waals surface area contributed by atoms with Crippen molar-refractivity contribution in [2.45, 2.75) is 39.2 Å². The largest absolute Gasteiger partial charge is 0.480 e. The van der Waals surface area contributed by atoms with E-state index in [0.29, 0.717) is 12.5 Å². The zero-order valence-corrected chi connectivity index (χ0v) is 12.8. The number of hydrogen-bond acceptors (Lipinski definition) is 3. The molecule has 0 atom stereocenters. The maximum Gasteiger partial charge on any atom is 0.323 e. The van der Waals surface area contributed by atoms with Crippen molar-refractivity contribution < 1.29 is 14.7 Å². The highest BCUT2D eigenvalue weighted by atomic mass is 32.2. The topological polar surface area (TPSA) is 69.6 Å². The molecular weight excluding hydrogens is 264 g/mol. The van der Waals surface area contributed by atoms with Gasteiger partial charge in [-0.3, -0.25) is 4.79 Å². The van der Waals surface area contributed by atoms with E-state index in [2.05, 4.69) is 5.32 Å². The summed E-state index contributed by atoms with van der Waals surface area (Å²) in [5, 5.41) is 11.8. The predicted molar refractivity (Wildman–Crippen MR) is 77.5 cm³/mol. The van der Waals surface area contributed by atoms with Gasteiger partial charge in [-0.1, -0.05) is 0 Å². The van der Waals surface area contributed by atoms with E-state index in [9.17, 15) is 9.59 Å². The Kier molecular flexibility index (Phi) is 5.97. The molecular formula is C13H24N2O3S. The minimum atomic E-state index is -0.987. The Morgan fingerprint density at radius 3 is 2.37 bits per heavy atom. The van der Waals surface area contributed by atoms with Crippen LogP contribution in [0, 0.1) is 5.92 Å². The fourth-order valence-electron chi connectivity index (χ4n) is 2.03. The van der Waals surface area contributed by atoms with Gasteiger partial charge in [0.1, 0.15) is 6.54 Å². The number of aliphatic carboxylic acids is 1. The van der Waals surface area contributed by atoms with Crippen LogP contribution in [0.25, 0.3) is 0 Å². The lowest BCUT2D eigenvalue weighted by Gasteiger charge is -2.35. The third-order valence-corrected chi connectivity index (χ3v) is 4.28. The molecule has 19 heavy (non-hydrogen) atoms. The van der Waals surface area contributed by atoms with Gasteiger partial charge in [-0.15, -0.1) is 0 Å². The van der Waals surface area contributed by atoms with E-state index in [-0.39, 0.29) is 12.6 Å². The highest BCUT2D eigenvalue weighted by Gasteiger charge is 2.28. The number of nitrogens with zero attached hydrogens (tertiary/aromatic N) is 1. The average Bonchev–Trinajstić information content (AvgIpc) is 2.33. The fraction of sp³-hybridized carbons (Fsp3) is 0.846. The highest BCUT2D eigenvalue weighted by molar-refractivity contribution is 7.99. The van der Waals surface area contributed by atoms with Gasteiger partial charge in [0.2, 0.25) is 0 Å². The molecule has 0 aromatic heterocycles. The normalized spacial score (nSPS) is 17.0. The molecule has 0 bridgehead atoms. The van der Waals surface area contributed by atoms with Crippen LogP contribution >= 0.6 is 11.8 Å². The van der Waals surface area contributed by atoms with Crippen LogP contribution in [0.15, 0.2) is 0 Å². The number of rotatable bonds is 4. The molecule has 1 aliphatic heterocycles. The molecule has 0 aromatic rings. The van der Waals surface area contributed by atoms with Gasteiger partial charge in [0.15, 0.2) is 0 Å². The number of carbonyl (C=O) groups is 2. The van der Waals surface area contributed by atoms with E-state index in [4.69, 9.17) is 5.11 Å². The smallest absolute Gasteiger partial charge is 0.323 e. The first-order valence-electron chi connectivity index (χ1n) is 6.65. The van der Waals surface area contributed by atoms with Crippen LogP contribution in [-0.4, -0.2) is 52.1 Å². The zero-order valence-electron chi connectivity index (χ0n) is 11.9. The van der Waals surface area contributed by atoms with E-state index < -0.39 is 11.5 Å². The molecule has 1 aliphatic rings. The summed E-state index contributed by atoms with van der Waals surface area (Å²) < 4.78 is 0. The third kappa shape index (κ3) is 5.72. The number of carbonyl (C=O) groups excluding carboxylic acids is 1. The quantitative estimate of drug-likeness (QED) is 0.830. The second kappa shape index (κ2) is 7.03. The molecule has 1 fully saturated rings. The van der Waals surface area contributed by atoms with Gasteiger partial charge in [-0.25, -0.2) is 4.79 Å². The number of hydrogen-bond donors (Lipinski definition) is 2. The van der Waals surface area contributed by atoms with Crippen molar-refractivity contribution in [3.05, 3.63) is 0 Å². The monoisotopic (exact) mass is 288 g/mol.